The minimum Gasteiger partial charge on any atom is -0.388 e. The average Bonchev–Trinajstić information content (AvgIpc) is 2.29. The lowest BCUT2D eigenvalue weighted by atomic mass is 10.1. The molecule has 18 heavy (non-hydrogen) atoms. The van der Waals surface area contributed by atoms with Crippen molar-refractivity contribution in [3.05, 3.63) is 35.4 Å². The minimum atomic E-state index is -0.649. The van der Waals surface area contributed by atoms with Crippen molar-refractivity contribution in [3.63, 3.8) is 0 Å². The van der Waals surface area contributed by atoms with Crippen LogP contribution >= 0.6 is 11.8 Å². The maximum absolute atomic E-state index is 10.0. The number of aliphatic hydroxyl groups is 1. The summed E-state index contributed by atoms with van der Waals surface area (Å²) in [6, 6.07) is 8.29. The Hall–Kier alpha value is -0.550. The minimum absolute atomic E-state index is 0.600. The van der Waals surface area contributed by atoms with E-state index < -0.39 is 5.60 Å². The fraction of sp³-hybridized carbons (Fsp3) is 0.571. The molecule has 0 aliphatic heterocycles. The first kappa shape index (κ1) is 15.5. The lowest BCUT2D eigenvalue weighted by Gasteiger charge is -2.22. The standard InChI is InChI=1S/C14H23NO2S/c1-14(16,11-18-3)10-15-8-12-5-4-6-13(7-12)9-17-2/h4-7,15-16H,8-11H2,1-3H3. The molecule has 0 saturated heterocycles. The fourth-order valence-corrected chi connectivity index (χ4v) is 2.56. The van der Waals surface area contributed by atoms with Gasteiger partial charge in [-0.25, -0.2) is 0 Å². The van der Waals surface area contributed by atoms with E-state index in [0.717, 1.165) is 12.3 Å². The summed E-state index contributed by atoms with van der Waals surface area (Å²) in [5.74, 6) is 0.740. The molecule has 1 aromatic carbocycles. The van der Waals surface area contributed by atoms with Crippen LogP contribution in [0.25, 0.3) is 0 Å². The molecule has 0 spiro atoms. The number of thioether (sulfide) groups is 1. The van der Waals surface area contributed by atoms with Crippen molar-refractivity contribution in [2.75, 3.05) is 25.7 Å². The summed E-state index contributed by atoms with van der Waals surface area (Å²) in [5, 5.41) is 13.3. The third kappa shape index (κ3) is 5.87. The predicted octanol–water partition coefficient (Wildman–Crippen LogP) is 2.04. The molecule has 1 aromatic rings. The van der Waals surface area contributed by atoms with Gasteiger partial charge in [0.2, 0.25) is 0 Å². The first-order chi connectivity index (χ1) is 8.57. The molecule has 0 fully saturated rings. The van der Waals surface area contributed by atoms with Crippen LogP contribution in [0.1, 0.15) is 18.1 Å². The third-order valence-corrected chi connectivity index (χ3v) is 3.50. The molecule has 102 valence electrons. The second-order valence-corrected chi connectivity index (χ2v) is 5.65. The van der Waals surface area contributed by atoms with Crippen molar-refractivity contribution in [1.29, 1.82) is 0 Å². The Labute approximate surface area is 114 Å². The van der Waals surface area contributed by atoms with Crippen molar-refractivity contribution in [1.82, 2.24) is 5.32 Å². The van der Waals surface area contributed by atoms with Crippen LogP contribution < -0.4 is 5.32 Å². The van der Waals surface area contributed by atoms with Crippen molar-refractivity contribution in [2.45, 2.75) is 25.7 Å². The maximum Gasteiger partial charge on any atom is 0.0833 e. The molecule has 0 radical (unpaired) electrons. The van der Waals surface area contributed by atoms with Crippen molar-refractivity contribution >= 4 is 11.8 Å². The SMILES string of the molecule is COCc1cccc(CNCC(C)(O)CSC)c1. The fourth-order valence-electron chi connectivity index (χ4n) is 1.83. The van der Waals surface area contributed by atoms with E-state index in [4.69, 9.17) is 4.74 Å². The van der Waals surface area contributed by atoms with E-state index in [1.54, 1.807) is 18.9 Å². The van der Waals surface area contributed by atoms with Gasteiger partial charge in [-0.3, -0.25) is 0 Å². The third-order valence-electron chi connectivity index (χ3n) is 2.59. The largest absolute Gasteiger partial charge is 0.388 e. The van der Waals surface area contributed by atoms with Crippen LogP contribution in [0, 0.1) is 0 Å². The second kappa shape index (κ2) is 7.79. The summed E-state index contributed by atoms with van der Waals surface area (Å²) in [5.41, 5.74) is 1.74. The molecule has 1 rings (SSSR count). The number of benzene rings is 1. The number of hydrogen-bond acceptors (Lipinski definition) is 4. The summed E-state index contributed by atoms with van der Waals surface area (Å²) in [6.45, 7) is 3.86. The topological polar surface area (TPSA) is 41.5 Å². The smallest absolute Gasteiger partial charge is 0.0833 e. The van der Waals surface area contributed by atoms with E-state index in [2.05, 4.69) is 23.5 Å². The van der Waals surface area contributed by atoms with Crippen LogP contribution in [0.15, 0.2) is 24.3 Å². The van der Waals surface area contributed by atoms with Crippen LogP contribution in [0.3, 0.4) is 0 Å². The summed E-state index contributed by atoms with van der Waals surface area (Å²) < 4.78 is 5.11. The predicted molar refractivity (Wildman–Crippen MR) is 77.9 cm³/mol. The Kier molecular flexibility index (Phi) is 6.71. The Morgan fingerprint density at radius 1 is 1.39 bits per heavy atom. The Morgan fingerprint density at radius 3 is 2.78 bits per heavy atom. The van der Waals surface area contributed by atoms with Crippen LogP contribution in [-0.4, -0.2) is 36.4 Å². The Balaban J connectivity index is 2.41. The first-order valence-electron chi connectivity index (χ1n) is 6.06. The van der Waals surface area contributed by atoms with Crippen LogP contribution in [0.5, 0.6) is 0 Å². The molecule has 0 heterocycles. The highest BCUT2D eigenvalue weighted by Crippen LogP contribution is 2.10. The summed E-state index contributed by atoms with van der Waals surface area (Å²) >= 11 is 1.66. The highest BCUT2D eigenvalue weighted by Gasteiger charge is 2.18. The number of ether oxygens (including phenoxy) is 1. The van der Waals surface area contributed by atoms with E-state index in [1.807, 2.05) is 19.2 Å². The van der Waals surface area contributed by atoms with Gasteiger partial charge in [-0.05, 0) is 24.3 Å². The van der Waals surface area contributed by atoms with Gasteiger partial charge in [0, 0.05) is 26.0 Å². The zero-order chi connectivity index (χ0) is 13.4. The van der Waals surface area contributed by atoms with Crippen LogP contribution in [0.2, 0.25) is 0 Å². The van der Waals surface area contributed by atoms with Crippen molar-refractivity contribution in [2.24, 2.45) is 0 Å². The molecule has 0 aromatic heterocycles. The zero-order valence-corrected chi connectivity index (χ0v) is 12.2. The number of methoxy groups -OCH3 is 1. The highest BCUT2D eigenvalue weighted by atomic mass is 32.2. The monoisotopic (exact) mass is 269 g/mol. The van der Waals surface area contributed by atoms with E-state index in [1.165, 1.54) is 11.1 Å². The molecule has 0 saturated carbocycles. The number of rotatable bonds is 8. The summed E-state index contributed by atoms with van der Waals surface area (Å²) in [7, 11) is 1.70. The molecular weight excluding hydrogens is 246 g/mol. The molecule has 2 N–H and O–H groups in total. The zero-order valence-electron chi connectivity index (χ0n) is 11.4. The molecule has 0 bridgehead atoms. The van der Waals surface area contributed by atoms with Crippen LogP contribution in [-0.2, 0) is 17.9 Å². The highest BCUT2D eigenvalue weighted by molar-refractivity contribution is 7.98. The maximum atomic E-state index is 10.0. The van der Waals surface area contributed by atoms with Gasteiger partial charge >= 0.3 is 0 Å². The van der Waals surface area contributed by atoms with E-state index in [9.17, 15) is 5.11 Å². The van der Waals surface area contributed by atoms with Gasteiger partial charge in [0.15, 0.2) is 0 Å². The quantitative estimate of drug-likeness (QED) is 0.758. The van der Waals surface area contributed by atoms with Gasteiger partial charge in [-0.2, -0.15) is 11.8 Å². The van der Waals surface area contributed by atoms with Gasteiger partial charge < -0.3 is 15.2 Å². The van der Waals surface area contributed by atoms with Gasteiger partial charge in [0.1, 0.15) is 0 Å². The van der Waals surface area contributed by atoms with Gasteiger partial charge in [-0.15, -0.1) is 0 Å². The number of hydrogen-bond donors (Lipinski definition) is 2. The van der Waals surface area contributed by atoms with Crippen LogP contribution in [0.4, 0.5) is 0 Å². The Morgan fingerprint density at radius 2 is 2.11 bits per heavy atom. The molecule has 1 atom stereocenters. The summed E-state index contributed by atoms with van der Waals surface area (Å²) in [4.78, 5) is 0. The van der Waals surface area contributed by atoms with Crippen molar-refractivity contribution in [3.8, 4) is 0 Å². The molecule has 4 heteroatoms. The van der Waals surface area contributed by atoms with E-state index in [0.29, 0.717) is 13.2 Å². The molecule has 3 nitrogen and oxygen atoms in total. The van der Waals surface area contributed by atoms with Crippen molar-refractivity contribution < 1.29 is 9.84 Å². The van der Waals surface area contributed by atoms with E-state index >= 15 is 0 Å². The van der Waals surface area contributed by atoms with E-state index in [-0.39, 0.29) is 0 Å². The second-order valence-electron chi connectivity index (χ2n) is 4.79. The number of nitrogens with one attached hydrogen (secondary N) is 1. The Bertz CT molecular complexity index is 355. The summed E-state index contributed by atoms with van der Waals surface area (Å²) in [6.07, 6.45) is 2.00. The van der Waals surface area contributed by atoms with Gasteiger partial charge in [-0.1, -0.05) is 24.3 Å². The lowest BCUT2D eigenvalue weighted by molar-refractivity contribution is 0.0846. The molecular formula is C14H23NO2S. The molecule has 1 unspecified atom stereocenters. The molecule has 0 aliphatic carbocycles. The first-order valence-corrected chi connectivity index (χ1v) is 7.45. The average molecular weight is 269 g/mol. The lowest BCUT2D eigenvalue weighted by Crippen LogP contribution is -2.39. The normalized spacial score (nSPS) is 14.4. The molecule has 0 aliphatic rings. The van der Waals surface area contributed by atoms with Gasteiger partial charge in [0.25, 0.3) is 0 Å². The van der Waals surface area contributed by atoms with Gasteiger partial charge in [0.05, 0.1) is 12.2 Å². The molecule has 0 amide bonds.